The number of aromatic nitrogens is 4. The molecule has 1 N–H and O–H groups in total. The van der Waals surface area contributed by atoms with Gasteiger partial charge in [-0.1, -0.05) is 18.2 Å². The number of nitrogens with zero attached hydrogens (tertiary/aromatic N) is 5. The summed E-state index contributed by atoms with van der Waals surface area (Å²) in [5.41, 5.74) is 2.48. The van der Waals surface area contributed by atoms with Gasteiger partial charge in [0.2, 0.25) is 5.91 Å². The summed E-state index contributed by atoms with van der Waals surface area (Å²) in [5, 5.41) is 14.2. The highest BCUT2D eigenvalue weighted by molar-refractivity contribution is 5.77. The molecule has 7 nitrogen and oxygen atoms in total. The minimum absolute atomic E-state index is 0.0892. The van der Waals surface area contributed by atoms with Crippen molar-refractivity contribution in [1.29, 1.82) is 0 Å². The Morgan fingerprint density at radius 2 is 2.00 bits per heavy atom. The van der Waals surface area contributed by atoms with E-state index in [0.717, 1.165) is 11.4 Å². The number of carbonyl (C=O) groups is 1. The number of aryl methyl sites for hydroxylation is 2. The molecule has 2 heterocycles. The number of aromatic hydroxyl groups is 1. The zero-order valence-corrected chi connectivity index (χ0v) is 13.9. The topological polar surface area (TPSA) is 83.6 Å². The summed E-state index contributed by atoms with van der Waals surface area (Å²) in [5.74, 6) is 0.992. The maximum Gasteiger partial charge on any atom is 0.252 e. The van der Waals surface area contributed by atoms with E-state index in [2.05, 4.69) is 15.1 Å². The first-order chi connectivity index (χ1) is 11.4. The van der Waals surface area contributed by atoms with Gasteiger partial charge in [-0.15, -0.1) is 5.10 Å². The number of amides is 1. The zero-order valence-electron chi connectivity index (χ0n) is 13.9. The number of likely N-dealkylation sites (N-methyl/N-ethyl adjacent to an activating group) is 1. The van der Waals surface area contributed by atoms with Crippen molar-refractivity contribution in [3.05, 3.63) is 53.1 Å². The maximum atomic E-state index is 12.4. The van der Waals surface area contributed by atoms with Crippen LogP contribution in [0.3, 0.4) is 0 Å². The molecule has 124 valence electrons. The van der Waals surface area contributed by atoms with E-state index in [1.807, 2.05) is 26.0 Å². The van der Waals surface area contributed by atoms with Crippen LogP contribution in [0, 0.1) is 13.8 Å². The molecular weight excluding hydrogens is 306 g/mol. The fourth-order valence-corrected chi connectivity index (χ4v) is 2.54. The Bertz CT molecular complexity index is 903. The predicted octanol–water partition coefficient (Wildman–Crippen LogP) is 1.65. The van der Waals surface area contributed by atoms with Crippen molar-refractivity contribution >= 4 is 11.7 Å². The summed E-state index contributed by atoms with van der Waals surface area (Å²) in [6.07, 6.45) is 0.0892. The number of benzene rings is 1. The van der Waals surface area contributed by atoms with Crippen LogP contribution in [0.25, 0.3) is 5.78 Å². The molecular formula is C17H19N5O2. The number of rotatable bonds is 4. The number of para-hydroxylation sites is 1. The normalized spacial score (nSPS) is 11.0. The smallest absolute Gasteiger partial charge is 0.252 e. The number of phenols is 1. The van der Waals surface area contributed by atoms with Gasteiger partial charge in [0, 0.05) is 30.5 Å². The van der Waals surface area contributed by atoms with E-state index >= 15 is 0 Å². The van der Waals surface area contributed by atoms with Crippen molar-refractivity contribution in [1.82, 2.24) is 24.5 Å². The van der Waals surface area contributed by atoms with Gasteiger partial charge in [-0.3, -0.25) is 4.79 Å². The lowest BCUT2D eigenvalue weighted by Gasteiger charge is -2.17. The number of hydrogen-bond acceptors (Lipinski definition) is 5. The van der Waals surface area contributed by atoms with Crippen LogP contribution in [0.2, 0.25) is 0 Å². The van der Waals surface area contributed by atoms with Gasteiger partial charge in [-0.05, 0) is 26.0 Å². The summed E-state index contributed by atoms with van der Waals surface area (Å²) >= 11 is 0. The standard InChI is InChI=1S/C17H19N5O2/c1-11-8-12(2)22-17(18-11)19-15(20-22)9-16(24)21(3)10-13-6-4-5-7-14(13)23/h4-8,23H,9-10H2,1-3H3. The first kappa shape index (κ1) is 15.9. The van der Waals surface area contributed by atoms with Crippen molar-refractivity contribution in [2.75, 3.05) is 7.05 Å². The molecule has 7 heteroatoms. The van der Waals surface area contributed by atoms with E-state index in [0.29, 0.717) is 23.7 Å². The Kier molecular flexibility index (Phi) is 4.16. The molecule has 3 rings (SSSR count). The summed E-state index contributed by atoms with van der Waals surface area (Å²) in [6.45, 7) is 4.15. The molecule has 24 heavy (non-hydrogen) atoms. The van der Waals surface area contributed by atoms with E-state index in [1.54, 1.807) is 34.7 Å². The summed E-state index contributed by atoms with van der Waals surface area (Å²) in [4.78, 5) is 22.6. The molecule has 0 aliphatic rings. The van der Waals surface area contributed by atoms with Crippen molar-refractivity contribution < 1.29 is 9.90 Å². The molecule has 0 saturated carbocycles. The fraction of sp³-hybridized carbons (Fsp3) is 0.294. The third-order valence-corrected chi connectivity index (χ3v) is 3.80. The molecule has 0 saturated heterocycles. The monoisotopic (exact) mass is 325 g/mol. The summed E-state index contributed by atoms with van der Waals surface area (Å²) in [6, 6.07) is 8.89. The first-order valence-electron chi connectivity index (χ1n) is 7.65. The average Bonchev–Trinajstić information content (AvgIpc) is 2.92. The lowest BCUT2D eigenvalue weighted by Crippen LogP contribution is -2.28. The van der Waals surface area contributed by atoms with E-state index < -0.39 is 0 Å². The highest BCUT2D eigenvalue weighted by Crippen LogP contribution is 2.17. The molecule has 0 bridgehead atoms. The van der Waals surface area contributed by atoms with Gasteiger partial charge >= 0.3 is 0 Å². The predicted molar refractivity (Wildman–Crippen MR) is 88.5 cm³/mol. The Morgan fingerprint density at radius 1 is 1.25 bits per heavy atom. The molecule has 1 aromatic carbocycles. The molecule has 0 unspecified atom stereocenters. The molecule has 0 aliphatic carbocycles. The van der Waals surface area contributed by atoms with Crippen LogP contribution in [0.1, 0.15) is 22.8 Å². The molecule has 0 radical (unpaired) electrons. The van der Waals surface area contributed by atoms with E-state index in [4.69, 9.17) is 0 Å². The highest BCUT2D eigenvalue weighted by Gasteiger charge is 2.16. The van der Waals surface area contributed by atoms with Gasteiger partial charge in [-0.2, -0.15) is 4.98 Å². The maximum absolute atomic E-state index is 12.4. The molecule has 2 aromatic heterocycles. The lowest BCUT2D eigenvalue weighted by atomic mass is 10.2. The van der Waals surface area contributed by atoms with E-state index in [9.17, 15) is 9.90 Å². The average molecular weight is 325 g/mol. The SMILES string of the molecule is Cc1cc(C)n2nc(CC(=O)N(C)Cc3ccccc3O)nc2n1. The van der Waals surface area contributed by atoms with Crippen LogP contribution in [0.4, 0.5) is 0 Å². The van der Waals surface area contributed by atoms with Gasteiger partial charge in [0.15, 0.2) is 5.82 Å². The quantitative estimate of drug-likeness (QED) is 0.788. The molecule has 0 fully saturated rings. The van der Waals surface area contributed by atoms with Crippen LogP contribution >= 0.6 is 0 Å². The Hall–Kier alpha value is -2.96. The Labute approximate surface area is 139 Å². The Morgan fingerprint density at radius 3 is 2.75 bits per heavy atom. The second-order valence-corrected chi connectivity index (χ2v) is 5.83. The zero-order chi connectivity index (χ0) is 17.3. The van der Waals surface area contributed by atoms with Crippen LogP contribution < -0.4 is 0 Å². The van der Waals surface area contributed by atoms with E-state index in [-0.39, 0.29) is 18.1 Å². The van der Waals surface area contributed by atoms with Crippen molar-refractivity contribution in [3.8, 4) is 5.75 Å². The molecule has 1 amide bonds. The van der Waals surface area contributed by atoms with Crippen LogP contribution in [-0.4, -0.2) is 42.5 Å². The van der Waals surface area contributed by atoms with Gasteiger partial charge < -0.3 is 10.0 Å². The van der Waals surface area contributed by atoms with Crippen LogP contribution in [-0.2, 0) is 17.8 Å². The van der Waals surface area contributed by atoms with Crippen LogP contribution in [0.15, 0.2) is 30.3 Å². The minimum atomic E-state index is -0.122. The largest absolute Gasteiger partial charge is 0.508 e. The number of fused-ring (bicyclic) bond motifs is 1. The fourth-order valence-electron chi connectivity index (χ4n) is 2.54. The number of phenolic OH excluding ortho intramolecular Hbond substituents is 1. The minimum Gasteiger partial charge on any atom is -0.508 e. The third kappa shape index (κ3) is 3.19. The molecule has 0 aliphatic heterocycles. The Balaban J connectivity index is 1.74. The molecule has 0 atom stereocenters. The van der Waals surface area contributed by atoms with Gasteiger partial charge in [0.05, 0.1) is 6.42 Å². The lowest BCUT2D eigenvalue weighted by molar-refractivity contribution is -0.129. The number of carbonyl (C=O) groups excluding carboxylic acids is 1. The second kappa shape index (κ2) is 6.27. The van der Waals surface area contributed by atoms with Crippen molar-refractivity contribution in [3.63, 3.8) is 0 Å². The van der Waals surface area contributed by atoms with Gasteiger partial charge in [0.25, 0.3) is 5.78 Å². The highest BCUT2D eigenvalue weighted by atomic mass is 16.3. The van der Waals surface area contributed by atoms with Gasteiger partial charge in [0.1, 0.15) is 5.75 Å². The summed E-state index contributed by atoms with van der Waals surface area (Å²) in [7, 11) is 1.69. The molecule has 3 aromatic rings. The second-order valence-electron chi connectivity index (χ2n) is 5.83. The summed E-state index contributed by atoms with van der Waals surface area (Å²) < 4.78 is 1.64. The van der Waals surface area contributed by atoms with Crippen molar-refractivity contribution in [2.45, 2.75) is 26.8 Å². The third-order valence-electron chi connectivity index (χ3n) is 3.80. The van der Waals surface area contributed by atoms with Crippen LogP contribution in [0.5, 0.6) is 5.75 Å². The first-order valence-corrected chi connectivity index (χ1v) is 7.65. The number of hydrogen-bond donors (Lipinski definition) is 1. The van der Waals surface area contributed by atoms with Gasteiger partial charge in [-0.25, -0.2) is 9.50 Å². The van der Waals surface area contributed by atoms with Crippen molar-refractivity contribution in [2.24, 2.45) is 0 Å². The molecule has 0 spiro atoms. The van der Waals surface area contributed by atoms with E-state index in [1.165, 1.54) is 0 Å².